The molecule has 1 aromatic heterocycles. The second-order valence-corrected chi connectivity index (χ2v) is 7.36. The smallest absolute Gasteiger partial charge is 0.321 e. The summed E-state index contributed by atoms with van der Waals surface area (Å²) in [6, 6.07) is 5.25. The summed E-state index contributed by atoms with van der Waals surface area (Å²) in [5.41, 5.74) is 1.29. The van der Waals surface area contributed by atoms with E-state index in [0.29, 0.717) is 29.1 Å². The van der Waals surface area contributed by atoms with Gasteiger partial charge in [0, 0.05) is 35.2 Å². The molecule has 2 heterocycles. The number of aromatic nitrogens is 1. The van der Waals surface area contributed by atoms with Crippen LogP contribution in [0.4, 0.5) is 0 Å². The number of hydrogen-bond donors (Lipinski definition) is 1. The second kappa shape index (κ2) is 9.31. The van der Waals surface area contributed by atoms with Crippen molar-refractivity contribution in [2.75, 3.05) is 26.3 Å². The van der Waals surface area contributed by atoms with Crippen LogP contribution in [-0.2, 0) is 23.9 Å². The van der Waals surface area contributed by atoms with E-state index in [0.717, 1.165) is 18.4 Å². The lowest BCUT2D eigenvalue weighted by Gasteiger charge is -2.27. The second-order valence-electron chi connectivity index (χ2n) is 6.93. The van der Waals surface area contributed by atoms with Crippen molar-refractivity contribution >= 4 is 40.3 Å². The van der Waals surface area contributed by atoms with Gasteiger partial charge in [-0.15, -0.1) is 0 Å². The number of H-pyrrole nitrogens is 1. The summed E-state index contributed by atoms with van der Waals surface area (Å²) < 4.78 is 10.3. The molecule has 2 aromatic rings. The van der Waals surface area contributed by atoms with Gasteiger partial charge in [-0.2, -0.15) is 0 Å². The number of benzene rings is 1. The zero-order valence-electron chi connectivity index (χ0n) is 16.6. The van der Waals surface area contributed by atoms with Crippen LogP contribution < -0.4 is 0 Å². The highest BCUT2D eigenvalue weighted by Crippen LogP contribution is 2.36. The predicted molar refractivity (Wildman–Crippen MR) is 109 cm³/mol. The summed E-state index contributed by atoms with van der Waals surface area (Å²) in [6.45, 7) is 4.69. The molecule has 3 rings (SSSR count). The minimum absolute atomic E-state index is 0.0963. The number of ether oxygens (including phenoxy) is 2. The van der Waals surface area contributed by atoms with E-state index in [-0.39, 0.29) is 19.1 Å². The number of esters is 2. The van der Waals surface area contributed by atoms with Gasteiger partial charge in [0.15, 0.2) is 5.92 Å². The van der Waals surface area contributed by atoms with Gasteiger partial charge in [-0.25, -0.2) is 0 Å². The standard InChI is InChI=1S/C21H25ClN2O5/c1-3-28-20(26)18(21(27)29-4-2)17(19(25)24-9-5-6-10-24)15-12-23-16-8-7-13(22)11-14(15)16/h7-8,11-12,17-18,23H,3-6,9-10H2,1-2H3/t17-/m1/s1. The first-order valence-corrected chi connectivity index (χ1v) is 10.2. The minimum atomic E-state index is -1.39. The molecule has 29 heavy (non-hydrogen) atoms. The molecule has 7 nitrogen and oxygen atoms in total. The van der Waals surface area contributed by atoms with E-state index in [9.17, 15) is 14.4 Å². The third kappa shape index (κ3) is 4.40. The minimum Gasteiger partial charge on any atom is -0.465 e. The Hall–Kier alpha value is -2.54. The Morgan fingerprint density at radius 2 is 1.72 bits per heavy atom. The lowest BCUT2D eigenvalue weighted by molar-refractivity contribution is -0.165. The third-order valence-electron chi connectivity index (χ3n) is 5.11. The van der Waals surface area contributed by atoms with Crippen LogP contribution >= 0.6 is 11.6 Å². The normalized spacial score (nSPS) is 15.0. The highest BCUT2D eigenvalue weighted by molar-refractivity contribution is 6.31. The Morgan fingerprint density at radius 1 is 1.10 bits per heavy atom. The van der Waals surface area contributed by atoms with E-state index in [1.807, 2.05) is 0 Å². The molecule has 0 aliphatic carbocycles. The molecule has 1 saturated heterocycles. The molecular formula is C21H25ClN2O5. The van der Waals surface area contributed by atoms with Crippen LogP contribution in [0, 0.1) is 5.92 Å². The maximum atomic E-state index is 13.5. The molecule has 1 fully saturated rings. The highest BCUT2D eigenvalue weighted by atomic mass is 35.5. The topological polar surface area (TPSA) is 88.7 Å². The lowest BCUT2D eigenvalue weighted by Crippen LogP contribution is -2.42. The van der Waals surface area contributed by atoms with Crippen LogP contribution in [0.2, 0.25) is 5.02 Å². The number of rotatable bonds is 7. The number of fused-ring (bicyclic) bond motifs is 1. The largest absolute Gasteiger partial charge is 0.465 e. The molecule has 0 unspecified atom stereocenters. The van der Waals surface area contributed by atoms with Gasteiger partial charge in [-0.1, -0.05) is 11.6 Å². The van der Waals surface area contributed by atoms with Crippen LogP contribution in [0.3, 0.4) is 0 Å². The molecule has 0 radical (unpaired) electrons. The Morgan fingerprint density at radius 3 is 2.31 bits per heavy atom. The summed E-state index contributed by atoms with van der Waals surface area (Å²) in [5.74, 6) is -4.26. The molecule has 1 aromatic carbocycles. The van der Waals surface area contributed by atoms with Crippen molar-refractivity contribution in [3.63, 3.8) is 0 Å². The Labute approximate surface area is 174 Å². The summed E-state index contributed by atoms with van der Waals surface area (Å²) in [7, 11) is 0. The first-order valence-electron chi connectivity index (χ1n) is 9.86. The van der Waals surface area contributed by atoms with Gasteiger partial charge in [0.05, 0.1) is 19.1 Å². The first-order chi connectivity index (χ1) is 14.0. The maximum Gasteiger partial charge on any atom is 0.321 e. The number of halogens is 1. The van der Waals surface area contributed by atoms with Crippen molar-refractivity contribution in [2.24, 2.45) is 5.92 Å². The van der Waals surface area contributed by atoms with Crippen molar-refractivity contribution in [1.82, 2.24) is 9.88 Å². The van der Waals surface area contributed by atoms with Gasteiger partial charge in [0.2, 0.25) is 5.91 Å². The maximum absolute atomic E-state index is 13.5. The molecule has 1 N–H and O–H groups in total. The fourth-order valence-electron chi connectivity index (χ4n) is 3.79. The Kier molecular flexibility index (Phi) is 6.79. The predicted octanol–water partition coefficient (Wildman–Crippen LogP) is 3.27. The van der Waals surface area contributed by atoms with Gasteiger partial charge in [0.25, 0.3) is 0 Å². The van der Waals surface area contributed by atoms with E-state index < -0.39 is 23.8 Å². The Balaban J connectivity index is 2.14. The number of hydrogen-bond acceptors (Lipinski definition) is 5. The molecule has 156 valence electrons. The van der Waals surface area contributed by atoms with E-state index in [2.05, 4.69) is 4.98 Å². The zero-order chi connectivity index (χ0) is 21.0. The van der Waals surface area contributed by atoms with Crippen LogP contribution in [0.15, 0.2) is 24.4 Å². The molecule has 1 atom stereocenters. The molecule has 1 aliphatic rings. The van der Waals surface area contributed by atoms with Gasteiger partial charge in [0.1, 0.15) is 0 Å². The van der Waals surface area contributed by atoms with Gasteiger partial charge in [-0.3, -0.25) is 14.4 Å². The summed E-state index contributed by atoms with van der Waals surface area (Å²) in [4.78, 5) is 43.9. The first kappa shape index (κ1) is 21.2. The van der Waals surface area contributed by atoms with E-state index >= 15 is 0 Å². The van der Waals surface area contributed by atoms with Crippen LogP contribution in [-0.4, -0.2) is 54.0 Å². The van der Waals surface area contributed by atoms with Crippen molar-refractivity contribution in [1.29, 1.82) is 0 Å². The molecule has 0 bridgehead atoms. The number of nitrogens with zero attached hydrogens (tertiary/aromatic N) is 1. The average Bonchev–Trinajstić information content (AvgIpc) is 3.35. The third-order valence-corrected chi connectivity index (χ3v) is 5.34. The number of nitrogens with one attached hydrogen (secondary N) is 1. The van der Waals surface area contributed by atoms with Crippen LogP contribution in [0.5, 0.6) is 0 Å². The molecule has 1 aliphatic heterocycles. The lowest BCUT2D eigenvalue weighted by atomic mass is 9.84. The van der Waals surface area contributed by atoms with Crippen molar-refractivity contribution in [2.45, 2.75) is 32.6 Å². The molecule has 1 amide bonds. The average molecular weight is 421 g/mol. The molecule has 8 heteroatoms. The number of amides is 1. The number of carbonyl (C=O) groups excluding carboxylic acids is 3. The summed E-state index contributed by atoms with van der Waals surface area (Å²) >= 11 is 6.17. The van der Waals surface area contributed by atoms with Crippen LogP contribution in [0.25, 0.3) is 10.9 Å². The van der Waals surface area contributed by atoms with E-state index in [4.69, 9.17) is 21.1 Å². The number of likely N-dealkylation sites (tertiary alicyclic amines) is 1. The van der Waals surface area contributed by atoms with Crippen molar-refractivity contribution in [3.05, 3.63) is 35.0 Å². The summed E-state index contributed by atoms with van der Waals surface area (Å²) in [6.07, 6.45) is 3.44. The Bertz CT molecular complexity index is 886. The fourth-order valence-corrected chi connectivity index (χ4v) is 3.97. The molecule has 0 spiro atoms. The number of aromatic amines is 1. The zero-order valence-corrected chi connectivity index (χ0v) is 17.3. The summed E-state index contributed by atoms with van der Waals surface area (Å²) in [5, 5.41) is 1.18. The van der Waals surface area contributed by atoms with Crippen molar-refractivity contribution in [3.8, 4) is 0 Å². The van der Waals surface area contributed by atoms with Gasteiger partial charge < -0.3 is 19.4 Å². The monoisotopic (exact) mass is 420 g/mol. The number of carbonyl (C=O) groups is 3. The quantitative estimate of drug-likeness (QED) is 0.548. The SMILES string of the molecule is CCOC(=O)C(C(=O)OCC)[C@H](C(=O)N1CCCC1)c1c[nH]c2ccc(Cl)cc12. The van der Waals surface area contributed by atoms with Crippen LogP contribution in [0.1, 0.15) is 38.2 Å². The van der Waals surface area contributed by atoms with Crippen molar-refractivity contribution < 1.29 is 23.9 Å². The van der Waals surface area contributed by atoms with Gasteiger partial charge in [-0.05, 0) is 50.5 Å². The highest BCUT2D eigenvalue weighted by Gasteiger charge is 2.45. The molecule has 0 saturated carbocycles. The van der Waals surface area contributed by atoms with E-state index in [1.165, 1.54) is 0 Å². The van der Waals surface area contributed by atoms with E-state index in [1.54, 1.807) is 43.1 Å². The molecular weight excluding hydrogens is 396 g/mol. The fraction of sp³-hybridized carbons (Fsp3) is 0.476. The van der Waals surface area contributed by atoms with Gasteiger partial charge >= 0.3 is 11.9 Å².